The summed E-state index contributed by atoms with van der Waals surface area (Å²) in [5.41, 5.74) is 0. The van der Waals surface area contributed by atoms with E-state index < -0.39 is 0 Å². The summed E-state index contributed by atoms with van der Waals surface area (Å²) in [6, 6.07) is 0. The number of hydrogen-bond donors (Lipinski definition) is 0. The van der Waals surface area contributed by atoms with Crippen LogP contribution >= 0.6 is 47.2 Å². The van der Waals surface area contributed by atoms with Crippen molar-refractivity contribution in [3.63, 3.8) is 0 Å². The van der Waals surface area contributed by atoms with Gasteiger partial charge in [-0.25, -0.2) is 4.98 Å². The second kappa shape index (κ2) is 5.48. The van der Waals surface area contributed by atoms with Crippen LogP contribution < -0.4 is 0 Å². The van der Waals surface area contributed by atoms with E-state index in [0.29, 0.717) is 0 Å². The summed E-state index contributed by atoms with van der Waals surface area (Å²) in [5.74, 6) is 0. The van der Waals surface area contributed by atoms with Gasteiger partial charge in [0, 0.05) is 6.26 Å². The van der Waals surface area contributed by atoms with E-state index in [1.54, 1.807) is 47.2 Å². The molecule has 0 aliphatic heterocycles. The number of rotatable bonds is 4. The smallest absolute Gasteiger partial charge is 0.180 e. The van der Waals surface area contributed by atoms with Gasteiger partial charge >= 0.3 is 0 Å². The summed E-state index contributed by atoms with van der Waals surface area (Å²) in [6.45, 7) is 0. The normalized spacial score (nSPS) is 10.8. The Morgan fingerprint density at radius 3 is 2.08 bits per heavy atom. The van der Waals surface area contributed by atoms with Gasteiger partial charge in [0.05, 0.1) is 0 Å². The highest BCUT2D eigenvalue weighted by molar-refractivity contribution is 8.03. The number of nitrogens with zero attached hydrogens (tertiary/aromatic N) is 2. The van der Waals surface area contributed by atoms with Crippen LogP contribution in [0.15, 0.2) is 15.2 Å². The highest BCUT2D eigenvalue weighted by Crippen LogP contribution is 2.34. The molecule has 0 saturated carbocycles. The minimum absolute atomic E-state index is 1.08. The highest BCUT2D eigenvalue weighted by Gasteiger charge is 2.14. The van der Waals surface area contributed by atoms with Gasteiger partial charge in [-0.1, -0.05) is 11.8 Å². The van der Waals surface area contributed by atoms with Crippen molar-refractivity contribution in [2.45, 2.75) is 15.2 Å². The molecule has 1 aromatic heterocycles. The van der Waals surface area contributed by atoms with E-state index in [0.717, 1.165) is 10.2 Å². The zero-order valence-electron chi connectivity index (χ0n) is 8.03. The first-order valence-electron chi connectivity index (χ1n) is 3.57. The maximum atomic E-state index is 4.54. The Hall–Kier alpha value is 0.610. The van der Waals surface area contributed by atoms with Crippen molar-refractivity contribution in [1.82, 2.24) is 8.96 Å². The van der Waals surface area contributed by atoms with Crippen LogP contribution in [0.2, 0.25) is 0 Å². The van der Waals surface area contributed by atoms with Crippen LogP contribution in [0.5, 0.6) is 0 Å². The second-order valence-corrected chi connectivity index (χ2v) is 5.19. The van der Waals surface area contributed by atoms with E-state index in [1.807, 2.05) is 0 Å². The standard InChI is InChI=1S/C7H12N2S4/c1-10-5-6(11-2)9(13-4)7(8-5)12-3/h1-4H3. The number of imidazole rings is 1. The summed E-state index contributed by atoms with van der Waals surface area (Å²) in [5, 5.41) is 3.47. The van der Waals surface area contributed by atoms with Crippen molar-refractivity contribution < 1.29 is 0 Å². The lowest BCUT2D eigenvalue weighted by atomic mass is 10.9. The van der Waals surface area contributed by atoms with Crippen LogP contribution in [-0.2, 0) is 0 Å². The molecule has 2 nitrogen and oxygen atoms in total. The summed E-state index contributed by atoms with van der Waals surface area (Å²) >= 11 is 6.86. The first kappa shape index (κ1) is 11.7. The number of aromatic nitrogens is 2. The third-order valence-electron chi connectivity index (χ3n) is 1.49. The molecule has 0 fully saturated rings. The van der Waals surface area contributed by atoms with Crippen LogP contribution in [-0.4, -0.2) is 34.0 Å². The van der Waals surface area contributed by atoms with Crippen molar-refractivity contribution in [3.8, 4) is 0 Å². The predicted molar refractivity (Wildman–Crippen MR) is 66.5 cm³/mol. The fraction of sp³-hybridized carbons (Fsp3) is 0.571. The van der Waals surface area contributed by atoms with E-state index in [9.17, 15) is 0 Å². The average Bonchev–Trinajstić information content (AvgIpc) is 2.54. The molecule has 0 unspecified atom stereocenters. The van der Waals surface area contributed by atoms with Gasteiger partial charge in [0.15, 0.2) is 5.16 Å². The summed E-state index contributed by atoms with van der Waals surface area (Å²) < 4.78 is 2.18. The molecule has 1 heterocycles. The van der Waals surface area contributed by atoms with Crippen molar-refractivity contribution in [2.75, 3.05) is 25.0 Å². The second-order valence-electron chi connectivity index (χ2n) is 2.09. The molecule has 0 aliphatic carbocycles. The molecule has 6 heteroatoms. The zero-order chi connectivity index (χ0) is 9.84. The van der Waals surface area contributed by atoms with Crippen molar-refractivity contribution >= 4 is 47.2 Å². The molecule has 0 aliphatic rings. The van der Waals surface area contributed by atoms with Crippen molar-refractivity contribution in [1.29, 1.82) is 0 Å². The molecule has 0 spiro atoms. The van der Waals surface area contributed by atoms with Crippen molar-refractivity contribution in [3.05, 3.63) is 0 Å². The van der Waals surface area contributed by atoms with Gasteiger partial charge in [-0.05, 0) is 30.7 Å². The topological polar surface area (TPSA) is 17.8 Å². The van der Waals surface area contributed by atoms with Gasteiger partial charge in [0.1, 0.15) is 10.1 Å². The number of thioether (sulfide) groups is 3. The highest BCUT2D eigenvalue weighted by atomic mass is 32.2. The quantitative estimate of drug-likeness (QED) is 0.764. The first-order valence-corrected chi connectivity index (χ1v) is 8.43. The zero-order valence-corrected chi connectivity index (χ0v) is 11.3. The molecule has 0 atom stereocenters. The van der Waals surface area contributed by atoms with E-state index >= 15 is 0 Å². The Labute approximate surface area is 96.2 Å². The molecular weight excluding hydrogens is 240 g/mol. The molecule has 0 aromatic carbocycles. The van der Waals surface area contributed by atoms with Crippen molar-refractivity contribution in [2.24, 2.45) is 0 Å². The minimum atomic E-state index is 1.08. The van der Waals surface area contributed by atoms with E-state index in [-0.39, 0.29) is 0 Å². The lowest BCUT2D eigenvalue weighted by Crippen LogP contribution is -1.88. The Kier molecular flexibility index (Phi) is 4.93. The van der Waals surface area contributed by atoms with Gasteiger partial charge in [0.2, 0.25) is 0 Å². The lowest BCUT2D eigenvalue weighted by molar-refractivity contribution is 0.955. The van der Waals surface area contributed by atoms with Crippen LogP contribution in [0.25, 0.3) is 0 Å². The van der Waals surface area contributed by atoms with Crippen LogP contribution in [0.4, 0.5) is 0 Å². The molecule has 0 saturated heterocycles. The average molecular weight is 252 g/mol. The third-order valence-corrected chi connectivity index (χ3v) is 4.64. The molecule has 0 bridgehead atoms. The third kappa shape index (κ3) is 2.34. The Morgan fingerprint density at radius 1 is 1.00 bits per heavy atom. The van der Waals surface area contributed by atoms with Gasteiger partial charge in [0.25, 0.3) is 0 Å². The van der Waals surface area contributed by atoms with E-state index in [1.165, 1.54) is 5.03 Å². The molecule has 0 amide bonds. The monoisotopic (exact) mass is 252 g/mol. The molecule has 74 valence electrons. The molecule has 1 aromatic rings. The molecule has 0 radical (unpaired) electrons. The first-order chi connectivity index (χ1) is 6.28. The summed E-state index contributed by atoms with van der Waals surface area (Å²) in [6.07, 6.45) is 8.29. The summed E-state index contributed by atoms with van der Waals surface area (Å²) in [4.78, 5) is 4.54. The van der Waals surface area contributed by atoms with E-state index in [4.69, 9.17) is 0 Å². The van der Waals surface area contributed by atoms with Gasteiger partial charge in [-0.15, -0.1) is 23.5 Å². The SMILES string of the molecule is CSc1nc(SC)n(SC)c1SC. The minimum Gasteiger partial charge on any atom is -0.254 e. The predicted octanol–water partition coefficient (Wildman–Crippen LogP) is 3.17. The fourth-order valence-corrected chi connectivity index (χ4v) is 4.32. The van der Waals surface area contributed by atoms with Gasteiger partial charge < -0.3 is 0 Å². The maximum Gasteiger partial charge on any atom is 0.180 e. The Morgan fingerprint density at radius 2 is 1.69 bits per heavy atom. The largest absolute Gasteiger partial charge is 0.254 e. The van der Waals surface area contributed by atoms with E-state index in [2.05, 4.69) is 34.0 Å². The molecule has 13 heavy (non-hydrogen) atoms. The van der Waals surface area contributed by atoms with Gasteiger partial charge in [-0.2, -0.15) is 0 Å². The number of hydrogen-bond acceptors (Lipinski definition) is 5. The fourth-order valence-electron chi connectivity index (χ4n) is 0.947. The van der Waals surface area contributed by atoms with Crippen LogP contribution in [0.3, 0.4) is 0 Å². The molecule has 1 rings (SSSR count). The van der Waals surface area contributed by atoms with Crippen LogP contribution in [0, 0.1) is 0 Å². The Balaban J connectivity index is 3.17. The maximum absolute atomic E-state index is 4.54. The Bertz CT molecular complexity index is 258. The van der Waals surface area contributed by atoms with Crippen LogP contribution in [0.1, 0.15) is 0 Å². The molecular formula is C7H12N2S4. The van der Waals surface area contributed by atoms with Gasteiger partial charge in [-0.3, -0.25) is 3.97 Å². The summed E-state index contributed by atoms with van der Waals surface area (Å²) in [7, 11) is 0. The molecule has 0 N–H and O–H groups in total. The lowest BCUT2D eigenvalue weighted by Gasteiger charge is -2.03.